The average molecular weight is 408 g/mol. The van der Waals surface area contributed by atoms with Gasteiger partial charge in [0.1, 0.15) is 5.82 Å². The van der Waals surface area contributed by atoms with Crippen LogP contribution in [-0.4, -0.2) is 16.0 Å². The Morgan fingerprint density at radius 3 is 2.63 bits per heavy atom. The van der Waals surface area contributed by atoms with Gasteiger partial charge < -0.3 is 9.84 Å². The van der Waals surface area contributed by atoms with E-state index in [2.05, 4.69) is 15.5 Å². The van der Waals surface area contributed by atoms with Crippen molar-refractivity contribution in [3.05, 3.63) is 63.1 Å². The van der Waals surface area contributed by atoms with E-state index in [0.29, 0.717) is 17.1 Å². The number of benzene rings is 2. The maximum atomic E-state index is 13.8. The Kier molecular flexibility index (Phi) is 5.48. The summed E-state index contributed by atoms with van der Waals surface area (Å²) >= 11 is 11.7. The first-order valence-electron chi connectivity index (χ1n) is 8.17. The molecule has 0 bridgehead atoms. The molecule has 140 valence electrons. The van der Waals surface area contributed by atoms with E-state index in [-0.39, 0.29) is 27.4 Å². The van der Waals surface area contributed by atoms with Gasteiger partial charge in [-0.1, -0.05) is 54.3 Å². The van der Waals surface area contributed by atoms with E-state index < -0.39 is 11.7 Å². The van der Waals surface area contributed by atoms with Gasteiger partial charge in [-0.3, -0.25) is 4.79 Å². The number of hydrogen-bond donors (Lipinski definition) is 1. The molecule has 0 aliphatic heterocycles. The Balaban J connectivity index is 2.00. The van der Waals surface area contributed by atoms with Crippen LogP contribution < -0.4 is 5.32 Å². The molecule has 8 heteroatoms. The van der Waals surface area contributed by atoms with E-state index in [1.165, 1.54) is 6.07 Å². The molecule has 0 saturated heterocycles. The van der Waals surface area contributed by atoms with Gasteiger partial charge in [-0.2, -0.15) is 4.98 Å². The van der Waals surface area contributed by atoms with E-state index in [4.69, 9.17) is 27.7 Å². The zero-order valence-corrected chi connectivity index (χ0v) is 16.3. The normalized spacial score (nSPS) is 11.1. The number of rotatable bonds is 4. The molecular weight excluding hydrogens is 392 g/mol. The van der Waals surface area contributed by atoms with E-state index in [1.54, 1.807) is 6.07 Å². The van der Waals surface area contributed by atoms with Gasteiger partial charge in [0.05, 0.1) is 26.9 Å². The minimum absolute atomic E-state index is 0.0267. The predicted octanol–water partition coefficient (Wildman–Crippen LogP) is 5.87. The summed E-state index contributed by atoms with van der Waals surface area (Å²) in [5.41, 5.74) is 1.79. The third-order valence-electron chi connectivity index (χ3n) is 3.95. The number of aryl methyl sites for hydroxylation is 1. The summed E-state index contributed by atoms with van der Waals surface area (Å²) < 4.78 is 19.1. The molecule has 27 heavy (non-hydrogen) atoms. The first kappa shape index (κ1) is 19.3. The van der Waals surface area contributed by atoms with Crippen molar-refractivity contribution in [2.45, 2.75) is 26.7 Å². The van der Waals surface area contributed by atoms with Crippen molar-refractivity contribution in [3.8, 4) is 11.5 Å². The number of hydrogen-bond acceptors (Lipinski definition) is 4. The molecule has 3 aromatic rings. The highest BCUT2D eigenvalue weighted by molar-refractivity contribution is 6.37. The number of para-hydroxylation sites is 1. The van der Waals surface area contributed by atoms with Crippen molar-refractivity contribution < 1.29 is 13.7 Å². The van der Waals surface area contributed by atoms with E-state index in [0.717, 1.165) is 11.6 Å². The van der Waals surface area contributed by atoms with Crippen LogP contribution in [0.4, 0.5) is 10.1 Å². The molecule has 3 rings (SSSR count). The Morgan fingerprint density at radius 1 is 1.22 bits per heavy atom. The highest BCUT2D eigenvalue weighted by Crippen LogP contribution is 2.32. The molecule has 0 fully saturated rings. The van der Waals surface area contributed by atoms with Crippen LogP contribution in [0.2, 0.25) is 10.0 Å². The summed E-state index contributed by atoms with van der Waals surface area (Å²) in [4.78, 5) is 17.0. The fourth-order valence-electron chi connectivity index (χ4n) is 2.47. The molecule has 0 radical (unpaired) electrons. The molecule has 1 N–H and O–H groups in total. The second-order valence-corrected chi connectivity index (χ2v) is 7.12. The van der Waals surface area contributed by atoms with Crippen LogP contribution in [0, 0.1) is 12.7 Å². The van der Waals surface area contributed by atoms with Gasteiger partial charge >= 0.3 is 0 Å². The number of halogens is 3. The lowest BCUT2D eigenvalue weighted by molar-refractivity contribution is 0.102. The highest BCUT2D eigenvalue weighted by atomic mass is 35.5. The van der Waals surface area contributed by atoms with Crippen molar-refractivity contribution in [2.24, 2.45) is 0 Å². The van der Waals surface area contributed by atoms with Crippen LogP contribution >= 0.6 is 23.2 Å². The second-order valence-electron chi connectivity index (χ2n) is 6.31. The number of anilines is 1. The summed E-state index contributed by atoms with van der Waals surface area (Å²) in [7, 11) is 0. The Morgan fingerprint density at radius 2 is 1.96 bits per heavy atom. The first-order valence-corrected chi connectivity index (χ1v) is 8.93. The topological polar surface area (TPSA) is 68.0 Å². The fraction of sp³-hybridized carbons (Fsp3) is 0.211. The van der Waals surface area contributed by atoms with E-state index in [9.17, 15) is 9.18 Å². The van der Waals surface area contributed by atoms with Crippen LogP contribution in [0.3, 0.4) is 0 Å². The largest absolute Gasteiger partial charge is 0.334 e. The van der Waals surface area contributed by atoms with Crippen LogP contribution in [0.25, 0.3) is 11.5 Å². The number of carbonyl (C=O) groups is 1. The van der Waals surface area contributed by atoms with Crippen molar-refractivity contribution in [2.75, 3.05) is 5.32 Å². The standard InChI is InChI=1S/C19H16Cl2FN3O2/c1-9(2)17-24-19(27-25-17)11-6-4-5-10(3)16(11)23-18(26)12-7-15(22)14(21)8-13(12)20/h4-9H,1-3H3,(H,23,26). The Hall–Kier alpha value is -2.44. The molecular formula is C19H16Cl2FN3O2. The van der Waals surface area contributed by atoms with E-state index >= 15 is 0 Å². The lowest BCUT2D eigenvalue weighted by Crippen LogP contribution is -2.14. The summed E-state index contributed by atoms with van der Waals surface area (Å²) in [6, 6.07) is 7.59. The summed E-state index contributed by atoms with van der Waals surface area (Å²) in [6.07, 6.45) is 0. The van der Waals surface area contributed by atoms with Gasteiger partial charge in [0.25, 0.3) is 11.8 Å². The maximum Gasteiger partial charge on any atom is 0.260 e. The summed E-state index contributed by atoms with van der Waals surface area (Å²) in [5.74, 6) is -0.358. The van der Waals surface area contributed by atoms with Crippen molar-refractivity contribution in [3.63, 3.8) is 0 Å². The van der Waals surface area contributed by atoms with Crippen LogP contribution in [0.1, 0.15) is 41.5 Å². The molecule has 2 aromatic carbocycles. The van der Waals surface area contributed by atoms with Gasteiger partial charge in [-0.15, -0.1) is 0 Å². The van der Waals surface area contributed by atoms with E-state index in [1.807, 2.05) is 32.9 Å². The molecule has 0 saturated carbocycles. The SMILES string of the molecule is Cc1cccc(-c2nc(C(C)C)no2)c1NC(=O)c1cc(F)c(Cl)cc1Cl. The minimum atomic E-state index is -0.727. The third kappa shape index (κ3) is 3.96. The number of carbonyl (C=O) groups excluding carboxylic acids is 1. The molecule has 5 nitrogen and oxygen atoms in total. The number of amides is 1. The lowest BCUT2D eigenvalue weighted by Gasteiger charge is -2.13. The zero-order valence-electron chi connectivity index (χ0n) is 14.8. The van der Waals surface area contributed by atoms with Crippen LogP contribution in [0.15, 0.2) is 34.9 Å². The fourth-order valence-corrected chi connectivity index (χ4v) is 2.94. The zero-order chi connectivity index (χ0) is 19.7. The van der Waals surface area contributed by atoms with Gasteiger partial charge in [-0.05, 0) is 30.7 Å². The summed E-state index contributed by atoms with van der Waals surface area (Å²) in [6.45, 7) is 5.72. The molecule has 0 unspecified atom stereocenters. The van der Waals surface area contributed by atoms with Gasteiger partial charge in [-0.25, -0.2) is 4.39 Å². The average Bonchev–Trinajstić information content (AvgIpc) is 3.10. The molecule has 0 aliphatic carbocycles. The Bertz CT molecular complexity index is 1020. The predicted molar refractivity (Wildman–Crippen MR) is 103 cm³/mol. The van der Waals surface area contributed by atoms with Crippen molar-refractivity contribution in [1.29, 1.82) is 0 Å². The van der Waals surface area contributed by atoms with Crippen LogP contribution in [-0.2, 0) is 0 Å². The molecule has 0 aliphatic rings. The third-order valence-corrected chi connectivity index (χ3v) is 4.56. The van der Waals surface area contributed by atoms with Gasteiger partial charge in [0, 0.05) is 5.92 Å². The van der Waals surface area contributed by atoms with Crippen LogP contribution in [0.5, 0.6) is 0 Å². The lowest BCUT2D eigenvalue weighted by atomic mass is 10.1. The maximum absolute atomic E-state index is 13.8. The Labute approximate surface area is 165 Å². The smallest absolute Gasteiger partial charge is 0.260 e. The van der Waals surface area contributed by atoms with Gasteiger partial charge in [0.2, 0.25) is 0 Å². The number of nitrogens with one attached hydrogen (secondary N) is 1. The van der Waals surface area contributed by atoms with Crippen molar-refractivity contribution in [1.82, 2.24) is 10.1 Å². The molecule has 0 atom stereocenters. The highest BCUT2D eigenvalue weighted by Gasteiger charge is 2.20. The van der Waals surface area contributed by atoms with Gasteiger partial charge in [0.15, 0.2) is 5.82 Å². The molecule has 1 aromatic heterocycles. The van der Waals surface area contributed by atoms with Crippen molar-refractivity contribution >= 4 is 34.8 Å². The first-order chi connectivity index (χ1) is 12.8. The molecule has 1 heterocycles. The minimum Gasteiger partial charge on any atom is -0.334 e. The molecule has 1 amide bonds. The number of aromatic nitrogens is 2. The second kappa shape index (κ2) is 7.66. The quantitative estimate of drug-likeness (QED) is 0.549. The number of nitrogens with zero attached hydrogens (tertiary/aromatic N) is 2. The summed E-state index contributed by atoms with van der Waals surface area (Å²) in [5, 5.41) is 6.61. The molecule has 0 spiro atoms. The monoisotopic (exact) mass is 407 g/mol.